The second kappa shape index (κ2) is 6.17. The molecule has 0 saturated heterocycles. The van der Waals surface area contributed by atoms with Crippen molar-refractivity contribution in [1.82, 2.24) is 14.5 Å². The molecular formula is C19H16BrN3O. The van der Waals surface area contributed by atoms with Gasteiger partial charge in [-0.3, -0.25) is 0 Å². The van der Waals surface area contributed by atoms with Crippen LogP contribution in [0, 0.1) is 0 Å². The van der Waals surface area contributed by atoms with Crippen LogP contribution in [0.15, 0.2) is 65.7 Å². The summed E-state index contributed by atoms with van der Waals surface area (Å²) in [7, 11) is 1.68. The van der Waals surface area contributed by atoms with Gasteiger partial charge in [-0.05, 0) is 29.8 Å². The van der Waals surface area contributed by atoms with Crippen molar-refractivity contribution in [1.29, 1.82) is 0 Å². The molecule has 120 valence electrons. The number of nitrogens with zero attached hydrogens (tertiary/aromatic N) is 2. The molecule has 0 aliphatic rings. The molecule has 24 heavy (non-hydrogen) atoms. The van der Waals surface area contributed by atoms with Gasteiger partial charge in [0.15, 0.2) is 0 Å². The molecule has 0 fully saturated rings. The van der Waals surface area contributed by atoms with Crippen molar-refractivity contribution >= 4 is 26.8 Å². The van der Waals surface area contributed by atoms with Gasteiger partial charge in [0.2, 0.25) is 0 Å². The van der Waals surface area contributed by atoms with Gasteiger partial charge in [0.25, 0.3) is 0 Å². The van der Waals surface area contributed by atoms with Crippen LogP contribution in [0.3, 0.4) is 0 Å². The number of H-pyrrole nitrogens is 1. The monoisotopic (exact) mass is 381 g/mol. The molecule has 4 nitrogen and oxygen atoms in total. The van der Waals surface area contributed by atoms with Gasteiger partial charge in [0, 0.05) is 33.7 Å². The van der Waals surface area contributed by atoms with E-state index in [1.54, 1.807) is 7.11 Å². The van der Waals surface area contributed by atoms with Crippen molar-refractivity contribution in [3.05, 3.63) is 71.2 Å². The Balaban J connectivity index is 1.70. The van der Waals surface area contributed by atoms with Gasteiger partial charge in [-0.1, -0.05) is 34.1 Å². The predicted octanol–water partition coefficient (Wildman–Crippen LogP) is 4.85. The number of hydrogen-bond acceptors (Lipinski definition) is 2. The fraction of sp³-hybridized carbons (Fsp3) is 0.105. The average Bonchev–Trinajstić information content (AvgIpc) is 3.21. The normalized spacial score (nSPS) is 11.1. The van der Waals surface area contributed by atoms with Gasteiger partial charge in [-0.15, -0.1) is 0 Å². The van der Waals surface area contributed by atoms with Crippen LogP contribution in [0.1, 0.15) is 5.56 Å². The van der Waals surface area contributed by atoms with Crippen LogP contribution in [-0.4, -0.2) is 21.6 Å². The second-order valence-electron chi connectivity index (χ2n) is 5.65. The Labute approximate surface area is 148 Å². The van der Waals surface area contributed by atoms with Crippen LogP contribution in [-0.2, 0) is 6.54 Å². The zero-order valence-electron chi connectivity index (χ0n) is 13.2. The summed E-state index contributed by atoms with van der Waals surface area (Å²) in [5.74, 6) is 0.867. The molecule has 0 saturated carbocycles. The summed E-state index contributed by atoms with van der Waals surface area (Å²) < 4.78 is 8.44. The van der Waals surface area contributed by atoms with E-state index in [1.807, 2.05) is 30.9 Å². The zero-order chi connectivity index (χ0) is 16.5. The topological polar surface area (TPSA) is 42.8 Å². The standard InChI is InChI=1S/C19H16BrN3O/c1-24-15-5-2-13(3-6-15)11-23-12-21-10-19(23)17-9-22-18-8-14(20)4-7-16(17)18/h2-10,12,22H,11H2,1H3. The van der Waals surface area contributed by atoms with Crippen molar-refractivity contribution in [2.75, 3.05) is 7.11 Å². The molecule has 0 bridgehead atoms. The third-order valence-corrected chi connectivity index (χ3v) is 4.64. The zero-order valence-corrected chi connectivity index (χ0v) is 14.7. The quantitative estimate of drug-likeness (QED) is 0.548. The number of nitrogens with one attached hydrogen (secondary N) is 1. The maximum absolute atomic E-state index is 5.22. The minimum atomic E-state index is 0.766. The first-order valence-electron chi connectivity index (χ1n) is 7.64. The largest absolute Gasteiger partial charge is 0.497 e. The summed E-state index contributed by atoms with van der Waals surface area (Å²) in [6, 6.07) is 14.4. The molecule has 0 radical (unpaired) electrons. The molecule has 4 aromatic rings. The van der Waals surface area contributed by atoms with Gasteiger partial charge in [-0.2, -0.15) is 0 Å². The van der Waals surface area contributed by atoms with Crippen LogP contribution < -0.4 is 4.74 Å². The lowest BCUT2D eigenvalue weighted by Crippen LogP contribution is -2.00. The highest BCUT2D eigenvalue weighted by atomic mass is 79.9. The van der Waals surface area contributed by atoms with Crippen molar-refractivity contribution in [2.24, 2.45) is 0 Å². The van der Waals surface area contributed by atoms with E-state index < -0.39 is 0 Å². The minimum absolute atomic E-state index is 0.766. The lowest BCUT2D eigenvalue weighted by molar-refractivity contribution is 0.414. The van der Waals surface area contributed by atoms with E-state index in [4.69, 9.17) is 4.74 Å². The summed E-state index contributed by atoms with van der Waals surface area (Å²) in [4.78, 5) is 7.68. The smallest absolute Gasteiger partial charge is 0.118 e. The fourth-order valence-electron chi connectivity index (χ4n) is 2.91. The second-order valence-corrected chi connectivity index (χ2v) is 6.56. The molecule has 5 heteroatoms. The Bertz CT molecular complexity index is 985. The number of hydrogen-bond donors (Lipinski definition) is 1. The van der Waals surface area contributed by atoms with Crippen LogP contribution in [0.5, 0.6) is 5.75 Å². The first kappa shape index (κ1) is 15.0. The third kappa shape index (κ3) is 2.71. The molecule has 1 N–H and O–H groups in total. The van der Waals surface area contributed by atoms with Gasteiger partial charge in [0.1, 0.15) is 5.75 Å². The van der Waals surface area contributed by atoms with E-state index in [0.717, 1.165) is 33.5 Å². The molecule has 0 spiro atoms. The lowest BCUT2D eigenvalue weighted by atomic mass is 10.1. The van der Waals surface area contributed by atoms with E-state index >= 15 is 0 Å². The molecule has 0 amide bonds. The highest BCUT2D eigenvalue weighted by molar-refractivity contribution is 9.10. The Morgan fingerprint density at radius 2 is 2.00 bits per heavy atom. The van der Waals surface area contributed by atoms with Gasteiger partial charge >= 0.3 is 0 Å². The molecule has 2 aromatic carbocycles. The van der Waals surface area contributed by atoms with E-state index in [9.17, 15) is 0 Å². The maximum Gasteiger partial charge on any atom is 0.118 e. The first-order valence-corrected chi connectivity index (χ1v) is 8.44. The highest BCUT2D eigenvalue weighted by Crippen LogP contribution is 2.30. The number of imidazole rings is 1. The van der Waals surface area contributed by atoms with Crippen molar-refractivity contribution in [3.63, 3.8) is 0 Å². The minimum Gasteiger partial charge on any atom is -0.497 e. The fourth-order valence-corrected chi connectivity index (χ4v) is 3.27. The van der Waals surface area contributed by atoms with Crippen molar-refractivity contribution < 1.29 is 4.74 Å². The number of fused-ring (bicyclic) bond motifs is 1. The Morgan fingerprint density at radius 3 is 2.79 bits per heavy atom. The maximum atomic E-state index is 5.22. The summed E-state index contributed by atoms with van der Waals surface area (Å²) >= 11 is 3.51. The van der Waals surface area contributed by atoms with E-state index in [-0.39, 0.29) is 0 Å². The molecule has 0 aliphatic carbocycles. The Morgan fingerprint density at radius 1 is 1.17 bits per heavy atom. The molecule has 0 aliphatic heterocycles. The molecular weight excluding hydrogens is 366 g/mol. The molecule has 2 heterocycles. The predicted molar refractivity (Wildman–Crippen MR) is 99.3 cm³/mol. The highest BCUT2D eigenvalue weighted by Gasteiger charge is 2.11. The molecule has 4 rings (SSSR count). The number of halogens is 1. The number of methoxy groups -OCH3 is 1. The number of ether oxygens (including phenoxy) is 1. The van der Waals surface area contributed by atoms with E-state index in [2.05, 4.69) is 60.8 Å². The van der Waals surface area contributed by atoms with Gasteiger partial charge in [0.05, 0.1) is 25.3 Å². The van der Waals surface area contributed by atoms with E-state index in [0.29, 0.717) is 0 Å². The molecule has 0 atom stereocenters. The van der Waals surface area contributed by atoms with Gasteiger partial charge in [-0.25, -0.2) is 4.98 Å². The average molecular weight is 382 g/mol. The Kier molecular flexibility index (Phi) is 3.86. The van der Waals surface area contributed by atoms with Crippen molar-refractivity contribution in [3.8, 4) is 17.0 Å². The first-order chi connectivity index (χ1) is 11.7. The van der Waals surface area contributed by atoms with E-state index in [1.165, 1.54) is 10.9 Å². The van der Waals surface area contributed by atoms with Gasteiger partial charge < -0.3 is 14.3 Å². The Hall–Kier alpha value is -2.53. The van der Waals surface area contributed by atoms with Crippen LogP contribution in [0.4, 0.5) is 0 Å². The van der Waals surface area contributed by atoms with Crippen LogP contribution in [0.25, 0.3) is 22.2 Å². The summed E-state index contributed by atoms with van der Waals surface area (Å²) in [6.45, 7) is 0.766. The number of benzene rings is 2. The number of aromatic nitrogens is 3. The van der Waals surface area contributed by atoms with Crippen molar-refractivity contribution in [2.45, 2.75) is 6.54 Å². The van der Waals surface area contributed by atoms with Crippen LogP contribution in [0.2, 0.25) is 0 Å². The molecule has 2 aromatic heterocycles. The SMILES string of the molecule is COc1ccc(Cn2cncc2-c2c[nH]c3cc(Br)ccc23)cc1. The van der Waals surface area contributed by atoms with Crippen LogP contribution >= 0.6 is 15.9 Å². The summed E-state index contributed by atoms with van der Waals surface area (Å²) in [5, 5.41) is 1.19. The summed E-state index contributed by atoms with van der Waals surface area (Å²) in [5.41, 5.74) is 4.57. The number of rotatable bonds is 4. The summed E-state index contributed by atoms with van der Waals surface area (Å²) in [6.07, 6.45) is 5.82. The molecule has 0 unspecified atom stereocenters. The third-order valence-electron chi connectivity index (χ3n) is 4.14. The lowest BCUT2D eigenvalue weighted by Gasteiger charge is -2.08. The number of aromatic amines is 1.